The molecule has 0 bridgehead atoms. The van der Waals surface area contributed by atoms with Crippen molar-refractivity contribution in [3.05, 3.63) is 41.2 Å². The van der Waals surface area contributed by atoms with E-state index in [1.165, 1.54) is 12.1 Å². The average Bonchev–Trinajstić information content (AvgIpc) is 2.71. The predicted octanol–water partition coefficient (Wildman–Crippen LogP) is 3.01. The van der Waals surface area contributed by atoms with Gasteiger partial charge in [0.05, 0.1) is 22.8 Å². The molecule has 0 spiro atoms. The van der Waals surface area contributed by atoms with Crippen molar-refractivity contribution >= 4 is 34.0 Å². The molecule has 29 heavy (non-hydrogen) atoms. The first-order chi connectivity index (χ1) is 13.9. The van der Waals surface area contributed by atoms with Gasteiger partial charge in [0.2, 0.25) is 0 Å². The molecule has 2 aromatic carbocycles. The summed E-state index contributed by atoms with van der Waals surface area (Å²) in [7, 11) is 0. The van der Waals surface area contributed by atoms with E-state index >= 15 is 0 Å². The zero-order valence-electron chi connectivity index (χ0n) is 15.8. The predicted molar refractivity (Wildman–Crippen MR) is 111 cm³/mol. The highest BCUT2D eigenvalue weighted by molar-refractivity contribution is 6.31. The summed E-state index contributed by atoms with van der Waals surface area (Å²) in [5.74, 6) is 0.568. The molecule has 7 nitrogen and oxygen atoms in total. The van der Waals surface area contributed by atoms with Crippen molar-refractivity contribution < 1.29 is 13.9 Å². The first-order valence-corrected chi connectivity index (χ1v) is 9.61. The molecule has 1 saturated heterocycles. The molecule has 3 aromatic rings. The lowest BCUT2D eigenvalue weighted by atomic mass is 10.1. The molecule has 0 saturated carbocycles. The highest BCUT2D eigenvalue weighted by Gasteiger charge is 2.23. The lowest BCUT2D eigenvalue weighted by molar-refractivity contribution is -0.0347. The molecule has 0 amide bonds. The van der Waals surface area contributed by atoms with Crippen LogP contribution in [0.2, 0.25) is 5.02 Å². The Morgan fingerprint density at radius 3 is 2.83 bits per heavy atom. The Kier molecular flexibility index (Phi) is 5.40. The molecule has 9 heteroatoms. The van der Waals surface area contributed by atoms with E-state index in [2.05, 4.69) is 15.3 Å². The molecule has 2 heterocycles. The number of nitrogen functional groups attached to an aromatic ring is 2. The minimum atomic E-state index is -0.513. The largest absolute Gasteiger partial charge is 0.486 e. The molecule has 4 rings (SSSR count). The second-order valence-corrected chi connectivity index (χ2v) is 7.31. The van der Waals surface area contributed by atoms with Gasteiger partial charge in [0.15, 0.2) is 5.82 Å². The number of rotatable bonds is 4. The molecule has 2 atom stereocenters. The van der Waals surface area contributed by atoms with Crippen LogP contribution in [0, 0.1) is 5.82 Å². The third kappa shape index (κ3) is 4.05. The van der Waals surface area contributed by atoms with Gasteiger partial charge in [0, 0.05) is 30.1 Å². The summed E-state index contributed by atoms with van der Waals surface area (Å²) in [6.45, 7) is 4.10. The standard InChI is InChI=1S/C20H21ClFN5O2/c1-10(18-9-25-4-5-28-18)29-17-8-16-12(7-15(17)23)19(24)27-20(26-16)11-2-3-14(22)13(21)6-11/h2-3,6-8,10,18,25H,4-5,9,23H2,1H3,(H2,24,26,27). The second-order valence-electron chi connectivity index (χ2n) is 6.90. The minimum absolute atomic E-state index is 0.0130. The van der Waals surface area contributed by atoms with Gasteiger partial charge in [0.25, 0.3) is 0 Å². The van der Waals surface area contributed by atoms with Crippen LogP contribution in [0.5, 0.6) is 5.75 Å². The Hall–Kier alpha value is -2.68. The maximum Gasteiger partial charge on any atom is 0.162 e. The van der Waals surface area contributed by atoms with Crippen LogP contribution < -0.4 is 21.5 Å². The quantitative estimate of drug-likeness (QED) is 0.560. The van der Waals surface area contributed by atoms with E-state index in [1.807, 2.05) is 6.92 Å². The van der Waals surface area contributed by atoms with Crippen LogP contribution >= 0.6 is 11.6 Å². The smallest absolute Gasteiger partial charge is 0.162 e. The van der Waals surface area contributed by atoms with Gasteiger partial charge < -0.3 is 26.3 Å². The summed E-state index contributed by atoms with van der Waals surface area (Å²) in [5.41, 5.74) is 13.8. The van der Waals surface area contributed by atoms with Crippen LogP contribution in [0.15, 0.2) is 30.3 Å². The topological polar surface area (TPSA) is 108 Å². The number of nitrogens with zero attached hydrogens (tertiary/aromatic N) is 2. The van der Waals surface area contributed by atoms with E-state index < -0.39 is 5.82 Å². The highest BCUT2D eigenvalue weighted by atomic mass is 35.5. The number of anilines is 2. The Balaban J connectivity index is 1.69. The van der Waals surface area contributed by atoms with E-state index in [0.717, 1.165) is 6.54 Å². The molecule has 1 fully saturated rings. The van der Waals surface area contributed by atoms with Gasteiger partial charge in [0.1, 0.15) is 29.6 Å². The van der Waals surface area contributed by atoms with Gasteiger partial charge in [-0.25, -0.2) is 14.4 Å². The van der Waals surface area contributed by atoms with Gasteiger partial charge >= 0.3 is 0 Å². The minimum Gasteiger partial charge on any atom is -0.486 e. The molecular weight excluding hydrogens is 397 g/mol. The molecule has 5 N–H and O–H groups in total. The number of halogens is 2. The number of aromatic nitrogens is 2. The van der Waals surface area contributed by atoms with Crippen molar-refractivity contribution in [1.29, 1.82) is 0 Å². The van der Waals surface area contributed by atoms with Gasteiger partial charge in [-0.3, -0.25) is 0 Å². The Morgan fingerprint density at radius 2 is 2.10 bits per heavy atom. The lowest BCUT2D eigenvalue weighted by Gasteiger charge is -2.29. The SMILES string of the molecule is CC(Oc1cc2nc(-c3ccc(F)c(Cl)c3)nc(N)c2cc1N)C1CNCCO1. The number of morpholine rings is 1. The fraction of sp³-hybridized carbons (Fsp3) is 0.300. The van der Waals surface area contributed by atoms with Crippen molar-refractivity contribution in [3.8, 4) is 17.1 Å². The number of ether oxygens (including phenoxy) is 2. The molecular formula is C20H21ClFN5O2. The third-order valence-electron chi connectivity index (χ3n) is 4.83. The summed E-state index contributed by atoms with van der Waals surface area (Å²) < 4.78 is 25.3. The van der Waals surface area contributed by atoms with E-state index in [0.29, 0.717) is 46.9 Å². The molecule has 2 unspecified atom stereocenters. The molecule has 1 aliphatic rings. The summed E-state index contributed by atoms with van der Waals surface area (Å²) in [5, 5.41) is 3.87. The summed E-state index contributed by atoms with van der Waals surface area (Å²) in [6.07, 6.45) is -0.289. The van der Waals surface area contributed by atoms with Gasteiger partial charge in [-0.15, -0.1) is 0 Å². The van der Waals surface area contributed by atoms with E-state index in [-0.39, 0.29) is 23.0 Å². The van der Waals surface area contributed by atoms with E-state index in [1.54, 1.807) is 18.2 Å². The number of hydrogen-bond donors (Lipinski definition) is 3. The molecule has 1 aliphatic heterocycles. The van der Waals surface area contributed by atoms with Crippen molar-refractivity contribution in [1.82, 2.24) is 15.3 Å². The third-order valence-corrected chi connectivity index (χ3v) is 5.12. The average molecular weight is 418 g/mol. The van der Waals surface area contributed by atoms with Crippen LogP contribution in [0.3, 0.4) is 0 Å². The number of fused-ring (bicyclic) bond motifs is 1. The molecule has 0 aliphatic carbocycles. The maximum atomic E-state index is 13.5. The van der Waals surface area contributed by atoms with E-state index in [4.69, 9.17) is 32.5 Å². The summed E-state index contributed by atoms with van der Waals surface area (Å²) in [6, 6.07) is 7.69. The second kappa shape index (κ2) is 7.98. The Morgan fingerprint density at radius 1 is 1.28 bits per heavy atom. The van der Waals surface area contributed by atoms with Crippen LogP contribution in [-0.2, 0) is 4.74 Å². The summed E-state index contributed by atoms with van der Waals surface area (Å²) >= 11 is 5.88. The number of benzene rings is 2. The van der Waals surface area contributed by atoms with Crippen molar-refractivity contribution in [2.45, 2.75) is 19.1 Å². The zero-order chi connectivity index (χ0) is 20.5. The molecule has 152 valence electrons. The number of nitrogens with one attached hydrogen (secondary N) is 1. The maximum absolute atomic E-state index is 13.5. The zero-order valence-corrected chi connectivity index (χ0v) is 16.5. The van der Waals surface area contributed by atoms with Crippen LogP contribution in [0.1, 0.15) is 6.92 Å². The Labute approximate surface area is 172 Å². The Bertz CT molecular complexity index is 1060. The first kappa shape index (κ1) is 19.6. The van der Waals surface area contributed by atoms with Crippen LogP contribution in [0.25, 0.3) is 22.3 Å². The monoisotopic (exact) mass is 417 g/mol. The van der Waals surface area contributed by atoms with Gasteiger partial charge in [-0.05, 0) is 31.2 Å². The summed E-state index contributed by atoms with van der Waals surface area (Å²) in [4.78, 5) is 8.86. The fourth-order valence-electron chi connectivity index (χ4n) is 3.23. The van der Waals surface area contributed by atoms with E-state index in [9.17, 15) is 4.39 Å². The first-order valence-electron chi connectivity index (χ1n) is 9.23. The van der Waals surface area contributed by atoms with Crippen molar-refractivity contribution in [2.24, 2.45) is 0 Å². The van der Waals surface area contributed by atoms with Crippen LogP contribution in [0.4, 0.5) is 15.9 Å². The van der Waals surface area contributed by atoms with Crippen molar-refractivity contribution in [2.75, 3.05) is 31.2 Å². The van der Waals surface area contributed by atoms with Gasteiger partial charge in [-0.2, -0.15) is 0 Å². The normalized spacial score (nSPS) is 18.0. The molecule has 1 aromatic heterocycles. The van der Waals surface area contributed by atoms with Crippen molar-refractivity contribution in [3.63, 3.8) is 0 Å². The van der Waals surface area contributed by atoms with Crippen LogP contribution in [-0.4, -0.2) is 41.9 Å². The highest BCUT2D eigenvalue weighted by Crippen LogP contribution is 2.33. The lowest BCUT2D eigenvalue weighted by Crippen LogP contribution is -2.46. The fourth-order valence-corrected chi connectivity index (χ4v) is 3.41. The number of nitrogens with two attached hydrogens (primary N) is 2. The number of hydrogen-bond acceptors (Lipinski definition) is 7. The molecule has 0 radical (unpaired) electrons. The van der Waals surface area contributed by atoms with Gasteiger partial charge in [-0.1, -0.05) is 11.6 Å².